The van der Waals surface area contributed by atoms with E-state index in [2.05, 4.69) is 34.4 Å². The van der Waals surface area contributed by atoms with Crippen LogP contribution in [0.15, 0.2) is 29.9 Å². The summed E-state index contributed by atoms with van der Waals surface area (Å²) in [4.78, 5) is 11.1. The van der Waals surface area contributed by atoms with Crippen molar-refractivity contribution in [3.63, 3.8) is 0 Å². The van der Waals surface area contributed by atoms with Crippen molar-refractivity contribution in [3.8, 4) is 0 Å². The lowest BCUT2D eigenvalue weighted by molar-refractivity contribution is 0.111. The quantitative estimate of drug-likeness (QED) is 0.822. The van der Waals surface area contributed by atoms with Gasteiger partial charge in [0.25, 0.3) is 0 Å². The van der Waals surface area contributed by atoms with Gasteiger partial charge in [0.2, 0.25) is 0 Å². The first-order valence-corrected chi connectivity index (χ1v) is 8.32. The summed E-state index contributed by atoms with van der Waals surface area (Å²) >= 11 is 1.73. The number of rotatable bonds is 6. The molecule has 0 aromatic carbocycles. The van der Waals surface area contributed by atoms with Gasteiger partial charge in [-0.05, 0) is 44.0 Å². The molecule has 0 bridgehead atoms. The second-order valence-electron chi connectivity index (χ2n) is 5.52. The molecule has 2 aromatic rings. The van der Waals surface area contributed by atoms with Crippen LogP contribution >= 0.6 is 11.3 Å². The van der Waals surface area contributed by atoms with Crippen molar-refractivity contribution >= 4 is 11.3 Å². The van der Waals surface area contributed by atoms with E-state index in [1.807, 2.05) is 12.4 Å². The number of aromatic nitrogens is 2. The molecule has 4 nitrogen and oxygen atoms in total. The first-order chi connectivity index (χ1) is 10.3. The second kappa shape index (κ2) is 7.11. The Labute approximate surface area is 129 Å². The molecule has 21 heavy (non-hydrogen) atoms. The fraction of sp³-hybridized carbons (Fsp3) is 0.500. The lowest BCUT2D eigenvalue weighted by Gasteiger charge is -2.15. The van der Waals surface area contributed by atoms with Crippen LogP contribution < -0.4 is 0 Å². The molecule has 1 unspecified atom stereocenters. The van der Waals surface area contributed by atoms with E-state index in [0.717, 1.165) is 49.7 Å². The highest BCUT2D eigenvalue weighted by Gasteiger charge is 2.20. The first-order valence-electron chi connectivity index (χ1n) is 7.44. The van der Waals surface area contributed by atoms with Crippen molar-refractivity contribution in [2.75, 3.05) is 20.2 Å². The first kappa shape index (κ1) is 14.6. The minimum absolute atomic E-state index is 0.242. The summed E-state index contributed by atoms with van der Waals surface area (Å²) < 4.78 is 5.69. The van der Waals surface area contributed by atoms with Crippen LogP contribution in [0, 0.1) is 0 Å². The minimum atomic E-state index is 0.242. The van der Waals surface area contributed by atoms with Crippen LogP contribution in [0.4, 0.5) is 0 Å². The zero-order valence-corrected chi connectivity index (χ0v) is 13.2. The molecule has 1 saturated heterocycles. The molecule has 0 N–H and O–H groups in total. The average Bonchev–Trinajstić information content (AvgIpc) is 3.17. The fourth-order valence-corrected chi connectivity index (χ4v) is 3.43. The summed E-state index contributed by atoms with van der Waals surface area (Å²) in [7, 11) is 2.15. The largest absolute Gasteiger partial charge is 0.371 e. The van der Waals surface area contributed by atoms with Crippen LogP contribution in [0.2, 0.25) is 0 Å². The summed E-state index contributed by atoms with van der Waals surface area (Å²) in [5.74, 6) is 0. The molecule has 0 aliphatic carbocycles. The number of thiazole rings is 1. The molecule has 112 valence electrons. The molecule has 0 spiro atoms. The van der Waals surface area contributed by atoms with E-state index in [0.29, 0.717) is 0 Å². The summed E-state index contributed by atoms with van der Waals surface area (Å²) in [5, 5.41) is 3.31. The Kier molecular flexibility index (Phi) is 4.95. The molecule has 3 heterocycles. The smallest absolute Gasteiger partial charge is 0.122 e. The molecule has 0 amide bonds. The van der Waals surface area contributed by atoms with Crippen molar-refractivity contribution in [2.45, 2.75) is 31.9 Å². The van der Waals surface area contributed by atoms with Gasteiger partial charge in [-0.25, -0.2) is 4.98 Å². The van der Waals surface area contributed by atoms with Gasteiger partial charge in [0.05, 0.1) is 5.69 Å². The van der Waals surface area contributed by atoms with E-state index in [4.69, 9.17) is 9.72 Å². The summed E-state index contributed by atoms with van der Waals surface area (Å²) in [5.41, 5.74) is 2.48. The van der Waals surface area contributed by atoms with Gasteiger partial charge in [0.15, 0.2) is 0 Å². The Hall–Kier alpha value is -1.30. The lowest BCUT2D eigenvalue weighted by atomic mass is 10.2. The van der Waals surface area contributed by atoms with Crippen molar-refractivity contribution in [2.24, 2.45) is 0 Å². The number of hydrogen-bond donors (Lipinski definition) is 0. The van der Waals surface area contributed by atoms with Gasteiger partial charge in [-0.1, -0.05) is 0 Å². The Morgan fingerprint density at radius 3 is 3.00 bits per heavy atom. The van der Waals surface area contributed by atoms with Crippen LogP contribution in [-0.4, -0.2) is 35.1 Å². The maximum Gasteiger partial charge on any atom is 0.122 e. The van der Waals surface area contributed by atoms with Gasteiger partial charge in [-0.15, -0.1) is 11.3 Å². The molecule has 1 atom stereocenters. The van der Waals surface area contributed by atoms with Gasteiger partial charge in [0.1, 0.15) is 11.1 Å². The maximum absolute atomic E-state index is 5.69. The van der Waals surface area contributed by atoms with E-state index in [1.54, 1.807) is 11.3 Å². The van der Waals surface area contributed by atoms with Gasteiger partial charge in [-0.3, -0.25) is 4.98 Å². The third-order valence-electron chi connectivity index (χ3n) is 3.74. The van der Waals surface area contributed by atoms with Crippen molar-refractivity contribution in [1.82, 2.24) is 14.9 Å². The second-order valence-corrected chi connectivity index (χ2v) is 6.41. The lowest BCUT2D eigenvalue weighted by Crippen LogP contribution is -2.21. The van der Waals surface area contributed by atoms with Crippen LogP contribution in [0.1, 0.15) is 35.2 Å². The van der Waals surface area contributed by atoms with Crippen molar-refractivity contribution in [3.05, 3.63) is 46.2 Å². The number of nitrogens with zero attached hydrogens (tertiary/aromatic N) is 3. The molecule has 3 rings (SSSR count). The van der Waals surface area contributed by atoms with Crippen molar-refractivity contribution in [1.29, 1.82) is 0 Å². The molecule has 0 radical (unpaired) electrons. The standard InChI is InChI=1S/C16H21N3OS/c1-19(9-6-13-4-7-17-8-5-13)11-14-12-21-16(18-14)15-3-2-10-20-15/h4-5,7-8,12,15H,2-3,6,9-11H2,1H3. The monoisotopic (exact) mass is 303 g/mol. The molecule has 1 aliphatic heterocycles. The van der Waals surface area contributed by atoms with E-state index < -0.39 is 0 Å². The molecular formula is C16H21N3OS. The molecule has 2 aromatic heterocycles. The zero-order valence-electron chi connectivity index (χ0n) is 12.4. The summed E-state index contributed by atoms with van der Waals surface area (Å²) in [6.45, 7) is 2.80. The van der Waals surface area contributed by atoms with Gasteiger partial charge < -0.3 is 9.64 Å². The Bertz CT molecular complexity index is 552. The highest BCUT2D eigenvalue weighted by atomic mass is 32.1. The number of hydrogen-bond acceptors (Lipinski definition) is 5. The van der Waals surface area contributed by atoms with E-state index >= 15 is 0 Å². The Balaban J connectivity index is 1.49. The van der Waals surface area contributed by atoms with Gasteiger partial charge in [0, 0.05) is 37.5 Å². The zero-order chi connectivity index (χ0) is 14.5. The normalized spacial score (nSPS) is 18.5. The summed E-state index contributed by atoms with van der Waals surface area (Å²) in [6, 6.07) is 4.15. The maximum atomic E-state index is 5.69. The molecule has 1 fully saturated rings. The topological polar surface area (TPSA) is 38.2 Å². The van der Waals surface area contributed by atoms with E-state index in [-0.39, 0.29) is 6.10 Å². The SMILES string of the molecule is CN(CCc1ccncc1)Cc1csc(C2CCCO2)n1. The molecular weight excluding hydrogens is 282 g/mol. The number of likely N-dealkylation sites (N-methyl/N-ethyl adjacent to an activating group) is 1. The van der Waals surface area contributed by atoms with Gasteiger partial charge in [-0.2, -0.15) is 0 Å². The van der Waals surface area contributed by atoms with Crippen LogP contribution in [0.3, 0.4) is 0 Å². The molecule has 5 heteroatoms. The van der Waals surface area contributed by atoms with Gasteiger partial charge >= 0.3 is 0 Å². The predicted octanol–water partition coefficient (Wildman–Crippen LogP) is 3.06. The minimum Gasteiger partial charge on any atom is -0.371 e. The van der Waals surface area contributed by atoms with Crippen LogP contribution in [-0.2, 0) is 17.7 Å². The van der Waals surface area contributed by atoms with Crippen LogP contribution in [0.25, 0.3) is 0 Å². The highest BCUT2D eigenvalue weighted by Crippen LogP contribution is 2.30. The Morgan fingerprint density at radius 1 is 1.38 bits per heavy atom. The van der Waals surface area contributed by atoms with E-state index in [1.165, 1.54) is 5.56 Å². The highest BCUT2D eigenvalue weighted by molar-refractivity contribution is 7.09. The Morgan fingerprint density at radius 2 is 2.24 bits per heavy atom. The number of pyridine rings is 1. The number of ether oxygens (including phenoxy) is 1. The third kappa shape index (κ3) is 4.09. The third-order valence-corrected chi connectivity index (χ3v) is 4.72. The average molecular weight is 303 g/mol. The van der Waals surface area contributed by atoms with Crippen molar-refractivity contribution < 1.29 is 4.74 Å². The summed E-state index contributed by atoms with van der Waals surface area (Å²) in [6.07, 6.45) is 7.26. The molecule has 0 saturated carbocycles. The molecule has 1 aliphatic rings. The van der Waals surface area contributed by atoms with Crippen LogP contribution in [0.5, 0.6) is 0 Å². The fourth-order valence-electron chi connectivity index (χ4n) is 2.54. The predicted molar refractivity (Wildman–Crippen MR) is 84.3 cm³/mol. The van der Waals surface area contributed by atoms with E-state index in [9.17, 15) is 0 Å².